The van der Waals surface area contributed by atoms with E-state index in [1.54, 1.807) is 0 Å². The van der Waals surface area contributed by atoms with E-state index in [0.717, 1.165) is 0 Å². The molecule has 0 aliphatic rings. The van der Waals surface area contributed by atoms with E-state index in [0.29, 0.717) is 18.9 Å². The van der Waals surface area contributed by atoms with Crippen molar-refractivity contribution in [3.05, 3.63) is 0 Å². The molecule has 12 heavy (non-hydrogen) atoms. The van der Waals surface area contributed by atoms with Gasteiger partial charge < -0.3 is 11.1 Å². The second-order valence-corrected chi connectivity index (χ2v) is 3.68. The Morgan fingerprint density at radius 1 is 1.58 bits per heavy atom. The van der Waals surface area contributed by atoms with Gasteiger partial charge >= 0.3 is 0 Å². The molecule has 0 aromatic heterocycles. The minimum atomic E-state index is -0.257. The van der Waals surface area contributed by atoms with Gasteiger partial charge in [-0.25, -0.2) is 0 Å². The van der Waals surface area contributed by atoms with E-state index in [1.165, 1.54) is 0 Å². The van der Waals surface area contributed by atoms with Gasteiger partial charge in [-0.1, -0.05) is 20.8 Å². The molecule has 0 heterocycles. The van der Waals surface area contributed by atoms with Crippen LogP contribution in [0.1, 0.15) is 34.1 Å². The molecule has 1 unspecified atom stereocenters. The van der Waals surface area contributed by atoms with E-state index in [2.05, 4.69) is 19.2 Å². The monoisotopic (exact) mass is 172 g/mol. The summed E-state index contributed by atoms with van der Waals surface area (Å²) in [5.74, 6) is 0.426. The van der Waals surface area contributed by atoms with Gasteiger partial charge in [-0.3, -0.25) is 4.79 Å². The van der Waals surface area contributed by atoms with Crippen LogP contribution in [0.2, 0.25) is 0 Å². The first kappa shape index (κ1) is 11.4. The van der Waals surface area contributed by atoms with Gasteiger partial charge in [-0.15, -0.1) is 0 Å². The number of carbonyl (C=O) groups is 1. The van der Waals surface area contributed by atoms with Gasteiger partial charge in [0, 0.05) is 13.0 Å². The average molecular weight is 172 g/mol. The Kier molecular flexibility index (Phi) is 4.24. The summed E-state index contributed by atoms with van der Waals surface area (Å²) in [6, 6.07) is 0. The lowest BCUT2D eigenvalue weighted by Gasteiger charge is -2.33. The molecule has 1 amide bonds. The zero-order chi connectivity index (χ0) is 9.78. The van der Waals surface area contributed by atoms with Crippen molar-refractivity contribution >= 4 is 5.91 Å². The van der Waals surface area contributed by atoms with Crippen LogP contribution in [0.25, 0.3) is 0 Å². The molecule has 0 rings (SSSR count). The van der Waals surface area contributed by atoms with Crippen LogP contribution in [0.3, 0.4) is 0 Å². The van der Waals surface area contributed by atoms with E-state index < -0.39 is 0 Å². The molecular weight excluding hydrogens is 152 g/mol. The molecule has 0 bridgehead atoms. The van der Waals surface area contributed by atoms with Gasteiger partial charge in [0.25, 0.3) is 0 Å². The Morgan fingerprint density at radius 2 is 2.08 bits per heavy atom. The van der Waals surface area contributed by atoms with Crippen molar-refractivity contribution in [3.8, 4) is 0 Å². The molecule has 0 saturated heterocycles. The number of carbonyl (C=O) groups excluding carboxylic acids is 1. The molecular formula is C9H20N2O. The van der Waals surface area contributed by atoms with Crippen LogP contribution in [-0.2, 0) is 4.79 Å². The van der Waals surface area contributed by atoms with E-state index in [4.69, 9.17) is 5.73 Å². The highest BCUT2D eigenvalue weighted by atomic mass is 16.1. The Labute approximate surface area is 74.7 Å². The second-order valence-electron chi connectivity index (χ2n) is 3.68. The van der Waals surface area contributed by atoms with Crippen molar-refractivity contribution in [1.82, 2.24) is 5.32 Å². The maximum atomic E-state index is 11.1. The molecule has 3 N–H and O–H groups in total. The SMILES string of the molecule is CCC(=O)NC(C)(CN)C(C)C. The van der Waals surface area contributed by atoms with E-state index in [-0.39, 0.29) is 11.4 Å². The standard InChI is InChI=1S/C9H20N2O/c1-5-8(12)11-9(4,6-10)7(2)3/h7H,5-6,10H2,1-4H3,(H,11,12). The van der Waals surface area contributed by atoms with Crippen molar-refractivity contribution in [2.75, 3.05) is 6.54 Å². The molecule has 0 aromatic carbocycles. The van der Waals surface area contributed by atoms with Crippen LogP contribution in [0, 0.1) is 5.92 Å². The topological polar surface area (TPSA) is 55.1 Å². The number of hydrogen-bond donors (Lipinski definition) is 2. The Morgan fingerprint density at radius 3 is 2.33 bits per heavy atom. The number of amides is 1. The lowest BCUT2D eigenvalue weighted by Crippen LogP contribution is -2.54. The van der Waals surface area contributed by atoms with E-state index in [9.17, 15) is 4.79 Å². The fraction of sp³-hybridized carbons (Fsp3) is 0.889. The summed E-state index contributed by atoms with van der Waals surface area (Å²) >= 11 is 0. The number of nitrogens with two attached hydrogens (primary N) is 1. The fourth-order valence-electron chi connectivity index (χ4n) is 0.838. The van der Waals surface area contributed by atoms with Gasteiger partial charge in [-0.2, -0.15) is 0 Å². The van der Waals surface area contributed by atoms with E-state index >= 15 is 0 Å². The van der Waals surface area contributed by atoms with Crippen molar-refractivity contribution in [3.63, 3.8) is 0 Å². The highest BCUT2D eigenvalue weighted by Gasteiger charge is 2.27. The summed E-state index contributed by atoms with van der Waals surface area (Å²) in [6.07, 6.45) is 0.516. The minimum absolute atomic E-state index is 0.0663. The third kappa shape index (κ3) is 2.81. The molecule has 3 heteroatoms. The molecule has 0 aliphatic carbocycles. The predicted octanol–water partition coefficient (Wildman–Crippen LogP) is 0.886. The zero-order valence-corrected chi connectivity index (χ0v) is 8.48. The molecule has 1 atom stereocenters. The van der Waals surface area contributed by atoms with Crippen LogP contribution >= 0.6 is 0 Å². The third-order valence-electron chi connectivity index (χ3n) is 2.44. The number of nitrogens with one attached hydrogen (secondary N) is 1. The fourth-order valence-corrected chi connectivity index (χ4v) is 0.838. The highest BCUT2D eigenvalue weighted by molar-refractivity contribution is 5.76. The summed E-state index contributed by atoms with van der Waals surface area (Å²) < 4.78 is 0. The molecule has 0 fully saturated rings. The van der Waals surface area contributed by atoms with Crippen LogP contribution in [0.4, 0.5) is 0 Å². The molecule has 0 spiro atoms. The third-order valence-corrected chi connectivity index (χ3v) is 2.44. The minimum Gasteiger partial charge on any atom is -0.349 e. The average Bonchev–Trinajstić information content (AvgIpc) is 2.03. The quantitative estimate of drug-likeness (QED) is 0.661. The maximum absolute atomic E-state index is 11.1. The lowest BCUT2D eigenvalue weighted by molar-refractivity contribution is -0.122. The largest absolute Gasteiger partial charge is 0.349 e. The summed E-state index contributed by atoms with van der Waals surface area (Å²) in [7, 11) is 0. The predicted molar refractivity (Wildman–Crippen MR) is 50.7 cm³/mol. The Hall–Kier alpha value is -0.570. The molecule has 0 saturated carbocycles. The molecule has 72 valence electrons. The molecule has 0 aliphatic heterocycles. The van der Waals surface area contributed by atoms with E-state index in [1.807, 2.05) is 13.8 Å². The number of rotatable bonds is 4. The van der Waals surface area contributed by atoms with Gasteiger partial charge in [0.15, 0.2) is 0 Å². The van der Waals surface area contributed by atoms with Gasteiger partial charge in [0.2, 0.25) is 5.91 Å². The van der Waals surface area contributed by atoms with Crippen molar-refractivity contribution in [2.45, 2.75) is 39.7 Å². The molecule has 0 radical (unpaired) electrons. The maximum Gasteiger partial charge on any atom is 0.220 e. The van der Waals surface area contributed by atoms with Crippen LogP contribution in [-0.4, -0.2) is 18.0 Å². The van der Waals surface area contributed by atoms with Crippen molar-refractivity contribution in [1.29, 1.82) is 0 Å². The van der Waals surface area contributed by atoms with Gasteiger partial charge in [-0.05, 0) is 12.8 Å². The Bertz CT molecular complexity index is 157. The normalized spacial score (nSPS) is 15.8. The van der Waals surface area contributed by atoms with Crippen molar-refractivity contribution in [2.24, 2.45) is 11.7 Å². The lowest BCUT2D eigenvalue weighted by atomic mass is 9.88. The Balaban J connectivity index is 4.23. The summed E-state index contributed by atoms with van der Waals surface area (Å²) in [5.41, 5.74) is 5.34. The highest BCUT2D eigenvalue weighted by Crippen LogP contribution is 2.14. The first-order chi connectivity index (χ1) is 5.46. The summed E-state index contributed by atoms with van der Waals surface area (Å²) in [6.45, 7) is 8.42. The van der Waals surface area contributed by atoms with Gasteiger partial charge in [0.05, 0.1) is 5.54 Å². The number of hydrogen-bond acceptors (Lipinski definition) is 2. The molecule has 3 nitrogen and oxygen atoms in total. The van der Waals surface area contributed by atoms with Crippen LogP contribution < -0.4 is 11.1 Å². The second kappa shape index (κ2) is 4.45. The smallest absolute Gasteiger partial charge is 0.220 e. The molecule has 0 aromatic rings. The summed E-state index contributed by atoms with van der Waals surface area (Å²) in [5, 5.41) is 2.93. The first-order valence-corrected chi connectivity index (χ1v) is 4.47. The van der Waals surface area contributed by atoms with Crippen LogP contribution in [0.5, 0.6) is 0 Å². The van der Waals surface area contributed by atoms with Crippen molar-refractivity contribution < 1.29 is 4.79 Å². The van der Waals surface area contributed by atoms with Crippen LogP contribution in [0.15, 0.2) is 0 Å². The summed E-state index contributed by atoms with van der Waals surface area (Å²) in [4.78, 5) is 11.1. The van der Waals surface area contributed by atoms with Gasteiger partial charge in [0.1, 0.15) is 0 Å². The zero-order valence-electron chi connectivity index (χ0n) is 8.48. The first-order valence-electron chi connectivity index (χ1n) is 4.47.